The maximum absolute atomic E-state index is 13.7. The first-order valence-corrected chi connectivity index (χ1v) is 18.5. The average molecular weight is 737 g/mol. The van der Waals surface area contributed by atoms with Gasteiger partial charge in [-0.2, -0.15) is 5.10 Å². The van der Waals surface area contributed by atoms with Crippen LogP contribution in [0.2, 0.25) is 0 Å². The molecule has 286 valence electrons. The summed E-state index contributed by atoms with van der Waals surface area (Å²) >= 11 is 0. The van der Waals surface area contributed by atoms with Gasteiger partial charge in [-0.25, -0.2) is 4.79 Å². The summed E-state index contributed by atoms with van der Waals surface area (Å²) in [7, 11) is 0. The van der Waals surface area contributed by atoms with Crippen LogP contribution in [0.25, 0.3) is 10.8 Å². The molecular formula is C42H52N6O6. The number of nitrogens with one attached hydrogen (secondary N) is 3. The molecular weight excluding hydrogens is 684 g/mol. The zero-order valence-corrected chi connectivity index (χ0v) is 31.8. The number of benzene rings is 3. The lowest BCUT2D eigenvalue weighted by atomic mass is 9.94. The van der Waals surface area contributed by atoms with E-state index in [2.05, 4.69) is 45.3 Å². The number of likely N-dealkylation sites (tertiary alicyclic amines) is 1. The number of hydrogen-bond acceptors (Lipinski definition) is 7. The first-order chi connectivity index (χ1) is 25.8. The molecule has 12 nitrogen and oxygen atoms in total. The van der Waals surface area contributed by atoms with Crippen molar-refractivity contribution in [1.29, 1.82) is 0 Å². The van der Waals surface area contributed by atoms with Gasteiger partial charge in [0.25, 0.3) is 0 Å². The Labute approximate surface area is 317 Å². The number of nitrogens with zero attached hydrogens (tertiary/aromatic N) is 3. The third kappa shape index (κ3) is 11.5. The molecule has 0 aliphatic carbocycles. The standard InChI is InChI=1S/C42H52N6O6/c1-41(2,3)54-40(52)46-42(4,5)39(51)43-25-34(29-53-28-30-14-7-6-8-15-30)37(49)45-35-26-44-48(27-35)23-13-18-36(38(50)47-21-11-12-22-47)33-20-19-31-16-9-10-17-32(31)24-33/h6-10,13-20,24,26-27,34,36H,11-12,21-23,25,28-29H2,1-5H3,(H,43,51)(H,45,49)(H,46,52)/b18-13+/t34-,36?/m1/s1. The van der Waals surface area contributed by atoms with Crippen molar-refractivity contribution in [2.75, 3.05) is 31.6 Å². The highest BCUT2D eigenvalue weighted by atomic mass is 16.6. The van der Waals surface area contributed by atoms with Crippen LogP contribution in [-0.4, -0.2) is 75.9 Å². The fourth-order valence-electron chi connectivity index (χ4n) is 6.12. The van der Waals surface area contributed by atoms with Gasteiger partial charge in [0.05, 0.1) is 43.5 Å². The number of carbonyl (C=O) groups is 4. The van der Waals surface area contributed by atoms with E-state index in [-0.39, 0.29) is 31.6 Å². The maximum atomic E-state index is 13.7. The van der Waals surface area contributed by atoms with Crippen molar-refractivity contribution in [3.05, 3.63) is 108 Å². The van der Waals surface area contributed by atoms with E-state index >= 15 is 0 Å². The second-order valence-corrected chi connectivity index (χ2v) is 15.1. The van der Waals surface area contributed by atoms with Crippen LogP contribution in [0, 0.1) is 5.92 Å². The first kappa shape index (κ1) is 39.7. The van der Waals surface area contributed by atoms with E-state index in [4.69, 9.17) is 9.47 Å². The summed E-state index contributed by atoms with van der Waals surface area (Å²) in [4.78, 5) is 54.7. The topological polar surface area (TPSA) is 144 Å². The monoisotopic (exact) mass is 736 g/mol. The van der Waals surface area contributed by atoms with Crippen molar-refractivity contribution < 1.29 is 28.7 Å². The zero-order chi connectivity index (χ0) is 38.7. The minimum atomic E-state index is -1.31. The summed E-state index contributed by atoms with van der Waals surface area (Å²) in [5.74, 6) is -1.97. The van der Waals surface area contributed by atoms with E-state index < -0.39 is 35.0 Å². The Hall–Kier alpha value is -5.49. The van der Waals surface area contributed by atoms with Gasteiger partial charge in [-0.1, -0.05) is 84.9 Å². The SMILES string of the molecule is CC(C)(C)OC(=O)NC(C)(C)C(=O)NC[C@H](COCc1ccccc1)C(=O)Nc1cnn(C/C=C/C(C(=O)N2CCCC2)c2ccc3ccccc3c2)c1. The number of hydrogen-bond donors (Lipinski definition) is 3. The molecule has 3 N–H and O–H groups in total. The normalized spacial score (nSPS) is 14.5. The van der Waals surface area contributed by atoms with Crippen molar-refractivity contribution in [1.82, 2.24) is 25.3 Å². The number of fused-ring (bicyclic) bond motifs is 1. The highest BCUT2D eigenvalue weighted by molar-refractivity contribution is 5.94. The molecule has 0 saturated carbocycles. The highest BCUT2D eigenvalue weighted by Gasteiger charge is 2.33. The molecule has 1 fully saturated rings. The van der Waals surface area contributed by atoms with Crippen LogP contribution in [0.5, 0.6) is 0 Å². The predicted molar refractivity (Wildman–Crippen MR) is 209 cm³/mol. The Morgan fingerprint density at radius 1 is 0.907 bits per heavy atom. The van der Waals surface area contributed by atoms with Crippen molar-refractivity contribution >= 4 is 40.3 Å². The molecule has 0 spiro atoms. The van der Waals surface area contributed by atoms with Crippen LogP contribution in [0.3, 0.4) is 0 Å². The quantitative estimate of drug-likeness (QED) is 0.124. The number of ether oxygens (including phenoxy) is 2. The molecule has 1 aliphatic rings. The Morgan fingerprint density at radius 3 is 2.33 bits per heavy atom. The van der Waals surface area contributed by atoms with Gasteiger partial charge in [0.15, 0.2) is 0 Å². The summed E-state index contributed by atoms with van der Waals surface area (Å²) < 4.78 is 12.9. The van der Waals surface area contributed by atoms with Crippen LogP contribution in [0.1, 0.15) is 64.5 Å². The molecule has 1 aliphatic heterocycles. The fraction of sp³-hybridized carbons (Fsp3) is 0.405. The van der Waals surface area contributed by atoms with E-state index in [0.717, 1.165) is 47.8 Å². The number of aromatic nitrogens is 2. The van der Waals surface area contributed by atoms with Crippen LogP contribution < -0.4 is 16.0 Å². The number of amides is 4. The Kier molecular flexibility index (Phi) is 13.3. The lowest BCUT2D eigenvalue weighted by molar-refractivity contribution is -0.130. The summed E-state index contributed by atoms with van der Waals surface area (Å²) in [6, 6.07) is 23.9. The second kappa shape index (κ2) is 18.0. The summed E-state index contributed by atoms with van der Waals surface area (Å²) in [5.41, 5.74) is 0.315. The first-order valence-electron chi connectivity index (χ1n) is 18.5. The largest absolute Gasteiger partial charge is 0.444 e. The van der Waals surface area contributed by atoms with Crippen LogP contribution in [0.15, 0.2) is 97.3 Å². The minimum absolute atomic E-state index is 0.0268. The van der Waals surface area contributed by atoms with Gasteiger partial charge in [-0.15, -0.1) is 0 Å². The van der Waals surface area contributed by atoms with E-state index in [1.54, 1.807) is 51.7 Å². The van der Waals surface area contributed by atoms with Crippen LogP contribution >= 0.6 is 0 Å². The lowest BCUT2D eigenvalue weighted by Gasteiger charge is -2.28. The van der Waals surface area contributed by atoms with Crippen LogP contribution in [-0.2, 0) is 37.0 Å². The van der Waals surface area contributed by atoms with Crippen molar-refractivity contribution in [3.8, 4) is 0 Å². The predicted octanol–water partition coefficient (Wildman–Crippen LogP) is 6.19. The molecule has 4 aromatic rings. The van der Waals surface area contributed by atoms with Crippen molar-refractivity contribution in [2.24, 2.45) is 5.92 Å². The Bertz CT molecular complexity index is 1930. The average Bonchev–Trinajstić information content (AvgIpc) is 3.83. The Balaban J connectivity index is 1.23. The molecule has 2 heterocycles. The van der Waals surface area contributed by atoms with Gasteiger partial charge < -0.3 is 30.3 Å². The van der Waals surface area contributed by atoms with Gasteiger partial charge >= 0.3 is 6.09 Å². The van der Waals surface area contributed by atoms with E-state index in [1.165, 1.54) is 0 Å². The molecule has 5 rings (SSSR count). The van der Waals surface area contributed by atoms with Crippen molar-refractivity contribution in [2.45, 2.75) is 77.7 Å². The molecule has 12 heteroatoms. The van der Waals surface area contributed by atoms with Gasteiger partial charge in [-0.05, 0) is 69.4 Å². The van der Waals surface area contributed by atoms with Gasteiger partial charge in [0, 0.05) is 25.8 Å². The number of alkyl carbamates (subject to hydrolysis) is 1. The molecule has 3 aromatic carbocycles. The number of rotatable bonds is 15. The molecule has 0 radical (unpaired) electrons. The lowest BCUT2D eigenvalue weighted by Crippen LogP contribution is -2.56. The molecule has 0 bridgehead atoms. The number of allylic oxidation sites excluding steroid dienone is 1. The second-order valence-electron chi connectivity index (χ2n) is 15.1. The van der Waals surface area contributed by atoms with Gasteiger partial charge in [0.1, 0.15) is 11.1 Å². The third-order valence-corrected chi connectivity index (χ3v) is 9.03. The zero-order valence-electron chi connectivity index (χ0n) is 31.8. The number of carbonyl (C=O) groups excluding carboxylic acids is 4. The van der Waals surface area contributed by atoms with Crippen LogP contribution in [0.4, 0.5) is 10.5 Å². The molecule has 4 amide bonds. The van der Waals surface area contributed by atoms with E-state index in [9.17, 15) is 19.2 Å². The molecule has 1 saturated heterocycles. The Morgan fingerprint density at radius 2 is 1.61 bits per heavy atom. The summed E-state index contributed by atoms with van der Waals surface area (Å²) in [5, 5.41) is 14.9. The summed E-state index contributed by atoms with van der Waals surface area (Å²) in [6.45, 7) is 10.5. The molecule has 1 unspecified atom stereocenters. The number of anilines is 1. The van der Waals surface area contributed by atoms with Gasteiger partial charge in [0.2, 0.25) is 17.7 Å². The summed E-state index contributed by atoms with van der Waals surface area (Å²) in [6.07, 6.45) is 8.42. The van der Waals surface area contributed by atoms with Gasteiger partial charge in [-0.3, -0.25) is 19.1 Å². The van der Waals surface area contributed by atoms with Crippen molar-refractivity contribution in [3.63, 3.8) is 0 Å². The fourth-order valence-corrected chi connectivity index (χ4v) is 6.12. The minimum Gasteiger partial charge on any atom is -0.444 e. The maximum Gasteiger partial charge on any atom is 0.408 e. The molecule has 2 atom stereocenters. The highest BCUT2D eigenvalue weighted by Crippen LogP contribution is 2.26. The molecule has 1 aromatic heterocycles. The third-order valence-electron chi connectivity index (χ3n) is 9.03. The molecule has 54 heavy (non-hydrogen) atoms. The van der Waals surface area contributed by atoms with E-state index in [0.29, 0.717) is 12.2 Å². The van der Waals surface area contributed by atoms with E-state index in [1.807, 2.05) is 65.6 Å². The smallest absolute Gasteiger partial charge is 0.408 e.